The summed E-state index contributed by atoms with van der Waals surface area (Å²) in [5, 5.41) is 0. The zero-order chi connectivity index (χ0) is 21.3. The normalized spacial score (nSPS) is 12.9. The third-order valence-corrected chi connectivity index (χ3v) is 6.83. The summed E-state index contributed by atoms with van der Waals surface area (Å²) in [7, 11) is -3.81. The van der Waals surface area contributed by atoms with Crippen molar-refractivity contribution < 1.29 is 13.2 Å². The highest BCUT2D eigenvalue weighted by molar-refractivity contribution is 7.89. The van der Waals surface area contributed by atoms with Crippen LogP contribution in [0.25, 0.3) is 11.0 Å². The van der Waals surface area contributed by atoms with Crippen LogP contribution in [0.15, 0.2) is 53.6 Å². The first-order chi connectivity index (χ1) is 14.4. The molecule has 8 nitrogen and oxygen atoms in total. The van der Waals surface area contributed by atoms with E-state index >= 15 is 0 Å². The molecule has 0 fully saturated rings. The summed E-state index contributed by atoms with van der Waals surface area (Å²) in [5.41, 5.74) is 2.76. The summed E-state index contributed by atoms with van der Waals surface area (Å²) >= 11 is 0.987. The average molecular weight is 444 g/mol. The first-order valence-electron chi connectivity index (χ1n) is 9.42. The van der Waals surface area contributed by atoms with Crippen LogP contribution in [0.3, 0.4) is 0 Å². The molecule has 0 amide bonds. The number of imidazole rings is 1. The van der Waals surface area contributed by atoms with Crippen LogP contribution in [0.4, 0.5) is 0 Å². The van der Waals surface area contributed by atoms with E-state index in [1.807, 2.05) is 42.7 Å². The Balaban J connectivity index is 1.60. The van der Waals surface area contributed by atoms with Gasteiger partial charge in [-0.3, -0.25) is 4.57 Å². The molecule has 0 bridgehead atoms. The smallest absolute Gasteiger partial charge is 0.302 e. The number of hydrogen-bond donors (Lipinski definition) is 1. The Morgan fingerprint density at radius 3 is 2.67 bits per heavy atom. The molecule has 1 N–H and O–H groups in total. The monoisotopic (exact) mass is 443 g/mol. The van der Waals surface area contributed by atoms with E-state index < -0.39 is 16.1 Å². The Labute approximate surface area is 178 Å². The highest BCUT2D eigenvalue weighted by Gasteiger charge is 2.25. The van der Waals surface area contributed by atoms with Crippen LogP contribution in [0.1, 0.15) is 31.1 Å². The molecule has 2 aromatic carbocycles. The summed E-state index contributed by atoms with van der Waals surface area (Å²) in [5.74, 6) is 0.670. The fourth-order valence-electron chi connectivity index (χ4n) is 3.18. The molecule has 1 unspecified atom stereocenters. The maximum atomic E-state index is 13.0. The van der Waals surface area contributed by atoms with E-state index in [0.29, 0.717) is 35.0 Å². The van der Waals surface area contributed by atoms with E-state index in [1.54, 1.807) is 25.3 Å². The molecule has 30 heavy (non-hydrogen) atoms. The van der Waals surface area contributed by atoms with Gasteiger partial charge in [-0.2, -0.15) is 8.75 Å². The van der Waals surface area contributed by atoms with Crippen LogP contribution in [-0.2, 0) is 16.6 Å². The van der Waals surface area contributed by atoms with Crippen molar-refractivity contribution in [1.82, 2.24) is 23.0 Å². The number of nitrogens with one attached hydrogen (secondary N) is 1. The van der Waals surface area contributed by atoms with E-state index in [0.717, 1.165) is 17.3 Å². The predicted molar refractivity (Wildman–Crippen MR) is 115 cm³/mol. The topological polar surface area (TPSA) is 99.0 Å². The first kappa shape index (κ1) is 20.5. The standard InChI is InChI=1S/C20H21N5O3S2/c1-4-25-17(12-21-20(25)28-15-10-8-13(2)9-11-15)14(3)24-30(26,27)18-7-5-6-16-19(18)23-29-22-16/h5-12,14,24H,4H2,1-3H3. The molecular formula is C20H21N5O3S2. The Kier molecular flexibility index (Phi) is 5.54. The highest BCUT2D eigenvalue weighted by Crippen LogP contribution is 2.27. The molecule has 2 aromatic heterocycles. The lowest BCUT2D eigenvalue weighted by molar-refractivity contribution is 0.408. The van der Waals surface area contributed by atoms with Gasteiger partial charge in [0.1, 0.15) is 21.7 Å². The lowest BCUT2D eigenvalue weighted by Gasteiger charge is -2.17. The minimum absolute atomic E-state index is 0.110. The molecular weight excluding hydrogens is 422 g/mol. The predicted octanol–water partition coefficient (Wildman–Crippen LogP) is 4.05. The molecule has 0 aliphatic heterocycles. The average Bonchev–Trinajstić information content (AvgIpc) is 3.35. The van der Waals surface area contributed by atoms with Gasteiger partial charge in [-0.25, -0.2) is 18.1 Å². The van der Waals surface area contributed by atoms with Gasteiger partial charge in [0, 0.05) is 6.54 Å². The van der Waals surface area contributed by atoms with E-state index in [1.165, 1.54) is 6.07 Å². The quantitative estimate of drug-likeness (QED) is 0.463. The van der Waals surface area contributed by atoms with Gasteiger partial charge in [-0.15, -0.1) is 0 Å². The van der Waals surface area contributed by atoms with Crippen LogP contribution in [0.2, 0.25) is 0 Å². The first-order valence-corrected chi connectivity index (χ1v) is 11.6. The van der Waals surface area contributed by atoms with E-state index in [-0.39, 0.29) is 4.90 Å². The summed E-state index contributed by atoms with van der Waals surface area (Å²) in [6.45, 7) is 6.31. The Bertz CT molecular complexity index is 1280. The number of fused-ring (bicyclic) bond motifs is 1. The number of hydrogen-bond acceptors (Lipinski definition) is 7. The third kappa shape index (κ3) is 3.93. The Morgan fingerprint density at radius 1 is 1.17 bits per heavy atom. The minimum Gasteiger partial charge on any atom is -0.426 e. The summed E-state index contributed by atoms with van der Waals surface area (Å²) in [4.78, 5) is 4.47. The number of benzene rings is 2. The zero-order valence-corrected chi connectivity index (χ0v) is 18.4. The maximum Gasteiger partial charge on any atom is 0.302 e. The van der Waals surface area contributed by atoms with Crippen molar-refractivity contribution in [3.05, 3.63) is 59.9 Å². The molecule has 10 heteroatoms. The minimum atomic E-state index is -3.81. The zero-order valence-electron chi connectivity index (χ0n) is 16.7. The van der Waals surface area contributed by atoms with Crippen molar-refractivity contribution in [3.63, 3.8) is 0 Å². The molecule has 1 atom stereocenters. The lowest BCUT2D eigenvalue weighted by atomic mass is 10.2. The van der Waals surface area contributed by atoms with Crippen molar-refractivity contribution in [2.75, 3.05) is 0 Å². The number of nitrogens with zero attached hydrogens (tertiary/aromatic N) is 4. The van der Waals surface area contributed by atoms with Gasteiger partial charge in [0.2, 0.25) is 10.0 Å². The van der Waals surface area contributed by atoms with Gasteiger partial charge in [0.25, 0.3) is 0 Å². The Morgan fingerprint density at radius 2 is 1.93 bits per heavy atom. The summed E-state index contributed by atoms with van der Waals surface area (Å²) in [6.07, 6.45) is 1.63. The van der Waals surface area contributed by atoms with E-state index in [9.17, 15) is 8.42 Å². The SMILES string of the molecule is CCn1c(C(C)NS(=O)(=O)c2cccc3nsnc23)cnc1Oc1ccc(C)cc1. The fourth-order valence-corrected chi connectivity index (χ4v) is 5.17. The molecule has 4 aromatic rings. The molecule has 156 valence electrons. The highest BCUT2D eigenvalue weighted by atomic mass is 32.2. The second-order valence-electron chi connectivity index (χ2n) is 6.86. The largest absolute Gasteiger partial charge is 0.426 e. The summed E-state index contributed by atoms with van der Waals surface area (Å²) in [6, 6.07) is 12.5. The number of rotatable bonds is 7. The molecule has 4 rings (SSSR count). The fraction of sp³-hybridized carbons (Fsp3) is 0.250. The molecule has 0 aliphatic carbocycles. The maximum absolute atomic E-state index is 13.0. The van der Waals surface area contributed by atoms with Crippen LogP contribution in [-0.4, -0.2) is 26.7 Å². The molecule has 0 spiro atoms. The lowest BCUT2D eigenvalue weighted by Crippen LogP contribution is -2.28. The third-order valence-electron chi connectivity index (χ3n) is 4.71. The second-order valence-corrected chi connectivity index (χ2v) is 9.07. The number of sulfonamides is 1. The van der Waals surface area contributed by atoms with Crippen LogP contribution in [0, 0.1) is 6.92 Å². The van der Waals surface area contributed by atoms with Gasteiger partial charge in [0.05, 0.1) is 29.7 Å². The summed E-state index contributed by atoms with van der Waals surface area (Å²) < 4.78 is 44.8. The van der Waals surface area contributed by atoms with Crippen LogP contribution >= 0.6 is 11.7 Å². The number of aromatic nitrogens is 4. The van der Waals surface area contributed by atoms with Crippen molar-refractivity contribution in [2.24, 2.45) is 0 Å². The van der Waals surface area contributed by atoms with Gasteiger partial charge in [-0.1, -0.05) is 23.8 Å². The van der Waals surface area contributed by atoms with Gasteiger partial charge < -0.3 is 4.74 Å². The van der Waals surface area contributed by atoms with Gasteiger partial charge in [0.15, 0.2) is 0 Å². The van der Waals surface area contributed by atoms with Crippen LogP contribution < -0.4 is 9.46 Å². The molecule has 2 heterocycles. The number of aryl methyl sites for hydroxylation is 1. The van der Waals surface area contributed by atoms with Gasteiger partial charge in [-0.05, 0) is 45.0 Å². The Hall–Kier alpha value is -2.82. The molecule has 0 radical (unpaired) electrons. The second kappa shape index (κ2) is 8.13. The van der Waals surface area contributed by atoms with Crippen molar-refractivity contribution in [2.45, 2.75) is 38.3 Å². The van der Waals surface area contributed by atoms with Crippen LogP contribution in [0.5, 0.6) is 11.8 Å². The van der Waals surface area contributed by atoms with E-state index in [2.05, 4.69) is 18.5 Å². The molecule has 0 aliphatic rings. The van der Waals surface area contributed by atoms with Crippen molar-refractivity contribution in [1.29, 1.82) is 0 Å². The van der Waals surface area contributed by atoms with Crippen molar-refractivity contribution >= 4 is 32.8 Å². The molecule has 0 saturated carbocycles. The molecule has 0 saturated heterocycles. The van der Waals surface area contributed by atoms with Crippen molar-refractivity contribution in [3.8, 4) is 11.8 Å². The number of ether oxygens (including phenoxy) is 1. The van der Waals surface area contributed by atoms with Gasteiger partial charge >= 0.3 is 6.01 Å². The van der Waals surface area contributed by atoms with E-state index in [4.69, 9.17) is 4.74 Å².